The molecule has 0 saturated carbocycles. The summed E-state index contributed by atoms with van der Waals surface area (Å²) in [5.41, 5.74) is 0. The van der Waals surface area contributed by atoms with Gasteiger partial charge in [-0.1, -0.05) is 0 Å². The van der Waals surface area contributed by atoms with Crippen LogP contribution in [0.2, 0.25) is 0 Å². The molecule has 0 fully saturated rings. The Balaban J connectivity index is 2.85. The molecule has 0 aliphatic carbocycles. The third kappa shape index (κ3) is 4.69. The molecule has 2 heteroatoms. The van der Waals surface area contributed by atoms with Crippen molar-refractivity contribution in [2.75, 3.05) is 6.26 Å². The van der Waals surface area contributed by atoms with E-state index in [4.69, 9.17) is 0 Å². The van der Waals surface area contributed by atoms with Crippen molar-refractivity contribution in [3.05, 3.63) is 10.2 Å². The number of hydrogen-bond acceptors (Lipinski definition) is 1. The Morgan fingerprint density at radius 3 is 2.20 bits per heavy atom. The second-order valence-electron chi connectivity index (χ2n) is 0.906. The molecule has 5 heavy (non-hydrogen) atoms. The summed E-state index contributed by atoms with van der Waals surface area (Å²) >= 11 is 3.68. The molecule has 0 atom stereocenters. The SMILES string of the molecule is [Li][C](=C)SC. The van der Waals surface area contributed by atoms with E-state index in [0.29, 0.717) is 0 Å². The first-order chi connectivity index (χ1) is 2.27. The van der Waals surface area contributed by atoms with Gasteiger partial charge in [0.05, 0.1) is 0 Å². The van der Waals surface area contributed by atoms with Gasteiger partial charge in [-0.2, -0.15) is 0 Å². The maximum absolute atomic E-state index is 3.64. The Morgan fingerprint density at radius 1 is 2.00 bits per heavy atom. The van der Waals surface area contributed by atoms with E-state index in [1.54, 1.807) is 11.8 Å². The van der Waals surface area contributed by atoms with Crippen molar-refractivity contribution in [3.63, 3.8) is 0 Å². The molecule has 0 aliphatic heterocycles. The van der Waals surface area contributed by atoms with Gasteiger partial charge in [0.2, 0.25) is 0 Å². The first kappa shape index (κ1) is 5.69. The molecule has 0 spiro atoms. The number of thioether (sulfide) groups is 1. The van der Waals surface area contributed by atoms with Crippen LogP contribution in [-0.2, 0) is 0 Å². The molecule has 0 aliphatic rings. The van der Waals surface area contributed by atoms with Gasteiger partial charge in [-0.3, -0.25) is 0 Å². The molecule has 0 radical (unpaired) electrons. The normalized spacial score (nSPS) is 7.80. The number of hydrogen-bond donors (Lipinski definition) is 0. The van der Waals surface area contributed by atoms with Crippen LogP contribution in [-0.4, -0.2) is 24.0 Å². The van der Waals surface area contributed by atoms with E-state index in [2.05, 4.69) is 6.58 Å². The summed E-state index contributed by atoms with van der Waals surface area (Å²) in [4.78, 5) is 0. The molecule has 0 aromatic rings. The zero-order chi connectivity index (χ0) is 4.28. The van der Waals surface area contributed by atoms with Crippen LogP contribution in [0.5, 0.6) is 0 Å². The Morgan fingerprint density at radius 2 is 2.20 bits per heavy atom. The van der Waals surface area contributed by atoms with Crippen LogP contribution in [0.3, 0.4) is 0 Å². The standard InChI is InChI=1S/C3H5S.Li/c1-3-4-2;/h1H2,2H3;. The fourth-order valence-corrected chi connectivity index (χ4v) is 0. The van der Waals surface area contributed by atoms with Crippen molar-refractivity contribution in [2.24, 2.45) is 0 Å². The van der Waals surface area contributed by atoms with Crippen molar-refractivity contribution in [1.29, 1.82) is 0 Å². The van der Waals surface area contributed by atoms with Gasteiger partial charge in [0.1, 0.15) is 0 Å². The Labute approximate surface area is 46.2 Å². The average molecular weight is 80.1 g/mol. The summed E-state index contributed by atoms with van der Waals surface area (Å²) in [6.07, 6.45) is 2.02. The van der Waals surface area contributed by atoms with Crippen LogP contribution in [0.4, 0.5) is 0 Å². The van der Waals surface area contributed by atoms with Crippen LogP contribution in [0.15, 0.2) is 10.2 Å². The van der Waals surface area contributed by atoms with Crippen LogP contribution >= 0.6 is 11.8 Å². The molecule has 0 saturated heterocycles. The van der Waals surface area contributed by atoms with E-state index in [9.17, 15) is 0 Å². The van der Waals surface area contributed by atoms with E-state index in [-0.39, 0.29) is 0 Å². The zero-order valence-electron chi connectivity index (χ0n) is 3.62. The number of rotatable bonds is 1. The van der Waals surface area contributed by atoms with Gasteiger partial charge >= 0.3 is 45.9 Å². The van der Waals surface area contributed by atoms with Crippen LogP contribution < -0.4 is 0 Å². The maximum atomic E-state index is 3.64. The van der Waals surface area contributed by atoms with Crippen molar-refractivity contribution in [3.8, 4) is 0 Å². The predicted octanol–water partition coefficient (Wildman–Crippen LogP) is 0.989. The molecule has 0 amide bonds. The molecule has 0 aromatic carbocycles. The van der Waals surface area contributed by atoms with Gasteiger partial charge in [-0.25, -0.2) is 0 Å². The second-order valence-corrected chi connectivity index (χ2v) is 2.01. The summed E-state index contributed by atoms with van der Waals surface area (Å²) < 4.78 is 1.17. The van der Waals surface area contributed by atoms with E-state index in [0.717, 1.165) is 0 Å². The van der Waals surface area contributed by atoms with Gasteiger partial charge in [-0.05, 0) is 0 Å². The first-order valence-electron chi connectivity index (χ1n) is 1.47. The van der Waals surface area contributed by atoms with Gasteiger partial charge < -0.3 is 0 Å². The molecule has 0 N–H and O–H groups in total. The van der Waals surface area contributed by atoms with Crippen molar-refractivity contribution >= 4 is 29.5 Å². The fourth-order valence-electron chi connectivity index (χ4n) is 0. The molecule has 0 aromatic heterocycles. The topological polar surface area (TPSA) is 0 Å². The Bertz CT molecular complexity index is 42.2. The minimum atomic E-state index is 1.17. The zero-order valence-corrected chi connectivity index (χ0v) is 4.43. The quantitative estimate of drug-likeness (QED) is 0.423. The summed E-state index contributed by atoms with van der Waals surface area (Å²) in [5, 5.41) is 0. The predicted molar refractivity (Wildman–Crippen MR) is 28.4 cm³/mol. The molecular weight excluding hydrogens is 75.0 g/mol. The van der Waals surface area contributed by atoms with Gasteiger partial charge in [-0.15, -0.1) is 0 Å². The van der Waals surface area contributed by atoms with E-state index >= 15 is 0 Å². The molecular formula is C3H5LiS. The van der Waals surface area contributed by atoms with Crippen molar-refractivity contribution in [2.45, 2.75) is 0 Å². The minimum absolute atomic E-state index is 1.17. The molecule has 0 heterocycles. The molecule has 0 unspecified atom stereocenters. The Hall–Kier alpha value is 0.687. The second kappa shape index (κ2) is 2.90. The monoisotopic (exact) mass is 80.0 g/mol. The van der Waals surface area contributed by atoms with E-state index in [1.165, 1.54) is 3.58 Å². The van der Waals surface area contributed by atoms with E-state index in [1.807, 2.05) is 24.0 Å². The summed E-state index contributed by atoms with van der Waals surface area (Å²) in [7, 11) is 0. The Kier molecular flexibility index (Phi) is 3.30. The van der Waals surface area contributed by atoms with Crippen LogP contribution in [0, 0.1) is 0 Å². The van der Waals surface area contributed by atoms with Crippen molar-refractivity contribution in [1.82, 2.24) is 0 Å². The summed E-state index contributed by atoms with van der Waals surface area (Å²) in [6, 6.07) is 0. The van der Waals surface area contributed by atoms with Gasteiger partial charge in [0.25, 0.3) is 0 Å². The molecule has 0 bridgehead atoms. The fraction of sp³-hybridized carbons (Fsp3) is 0.333. The summed E-state index contributed by atoms with van der Waals surface area (Å²) in [6.45, 7) is 3.64. The molecule has 0 nitrogen and oxygen atoms in total. The van der Waals surface area contributed by atoms with Gasteiger partial charge in [0, 0.05) is 0 Å². The molecule has 0 rings (SSSR count). The molecule has 24 valence electrons. The van der Waals surface area contributed by atoms with Crippen LogP contribution in [0.25, 0.3) is 0 Å². The average Bonchev–Trinajstić information content (AvgIpc) is 1.38. The third-order valence-electron chi connectivity index (χ3n) is 0.348. The summed E-state index contributed by atoms with van der Waals surface area (Å²) in [5.74, 6) is 0. The van der Waals surface area contributed by atoms with Crippen LogP contribution in [0.1, 0.15) is 0 Å². The third-order valence-corrected chi connectivity index (χ3v) is 1.05. The first-order valence-corrected chi connectivity index (χ1v) is 2.69. The van der Waals surface area contributed by atoms with Crippen molar-refractivity contribution < 1.29 is 0 Å². The van der Waals surface area contributed by atoms with Gasteiger partial charge in [0.15, 0.2) is 0 Å². The van der Waals surface area contributed by atoms with E-state index < -0.39 is 0 Å².